The number of unbranched alkanes of at least 4 members (excludes halogenated alkanes) is 1. The van der Waals surface area contributed by atoms with Crippen LogP contribution in [0.4, 0.5) is 0 Å². The topological polar surface area (TPSA) is 87.5 Å². The molecule has 0 radical (unpaired) electrons. The van der Waals surface area contributed by atoms with Crippen LogP contribution >= 0.6 is 0 Å². The molecule has 26 heavy (non-hydrogen) atoms. The van der Waals surface area contributed by atoms with Crippen LogP contribution in [0.3, 0.4) is 0 Å². The van der Waals surface area contributed by atoms with Crippen molar-refractivity contribution >= 4 is 23.0 Å². The summed E-state index contributed by atoms with van der Waals surface area (Å²) in [7, 11) is 0. The second-order valence-corrected chi connectivity index (χ2v) is 6.29. The van der Waals surface area contributed by atoms with Gasteiger partial charge in [0.2, 0.25) is 6.10 Å². The van der Waals surface area contributed by atoms with E-state index in [2.05, 4.69) is 11.9 Å². The minimum atomic E-state index is -0.826. The SMILES string of the molecule is CCCCn1c(=O)c(CCC(=O)O[C@H]2CCOC2=O)nc2ccccc21. The van der Waals surface area contributed by atoms with E-state index in [4.69, 9.17) is 9.47 Å². The van der Waals surface area contributed by atoms with Gasteiger partial charge in [-0.05, 0) is 18.6 Å². The Hall–Kier alpha value is -2.70. The highest BCUT2D eigenvalue weighted by molar-refractivity contribution is 5.80. The number of rotatable bonds is 7. The minimum absolute atomic E-state index is 0.00185. The lowest BCUT2D eigenvalue weighted by Crippen LogP contribution is -2.27. The summed E-state index contributed by atoms with van der Waals surface area (Å²) < 4.78 is 11.6. The summed E-state index contributed by atoms with van der Waals surface area (Å²) >= 11 is 0. The van der Waals surface area contributed by atoms with E-state index in [1.165, 1.54) is 0 Å². The van der Waals surface area contributed by atoms with Crippen LogP contribution in [0.1, 0.15) is 38.3 Å². The van der Waals surface area contributed by atoms with Gasteiger partial charge in [-0.3, -0.25) is 9.59 Å². The van der Waals surface area contributed by atoms with Crippen LogP contribution in [-0.2, 0) is 32.0 Å². The monoisotopic (exact) mass is 358 g/mol. The predicted octanol–water partition coefficient (Wildman–Crippen LogP) is 1.99. The molecule has 1 fully saturated rings. The molecule has 0 N–H and O–H groups in total. The lowest BCUT2D eigenvalue weighted by Gasteiger charge is -2.12. The molecule has 7 nitrogen and oxygen atoms in total. The zero-order valence-corrected chi connectivity index (χ0v) is 14.8. The van der Waals surface area contributed by atoms with E-state index in [1.54, 1.807) is 4.57 Å². The van der Waals surface area contributed by atoms with Gasteiger partial charge in [-0.1, -0.05) is 25.5 Å². The van der Waals surface area contributed by atoms with Crippen LogP contribution in [0.5, 0.6) is 0 Å². The molecule has 1 aromatic carbocycles. The molecule has 1 aromatic heterocycles. The molecule has 0 spiro atoms. The van der Waals surface area contributed by atoms with E-state index < -0.39 is 18.0 Å². The third-order valence-corrected chi connectivity index (χ3v) is 4.38. The number of ether oxygens (including phenoxy) is 2. The average molecular weight is 358 g/mol. The van der Waals surface area contributed by atoms with Gasteiger partial charge in [0.25, 0.3) is 5.56 Å². The Balaban J connectivity index is 1.76. The van der Waals surface area contributed by atoms with Crippen LogP contribution in [-0.4, -0.2) is 34.2 Å². The molecule has 3 rings (SSSR count). The number of esters is 2. The number of hydrogen-bond donors (Lipinski definition) is 0. The maximum atomic E-state index is 12.8. The molecule has 1 saturated heterocycles. The number of hydrogen-bond acceptors (Lipinski definition) is 6. The second-order valence-electron chi connectivity index (χ2n) is 6.29. The third-order valence-electron chi connectivity index (χ3n) is 4.38. The molecule has 0 aliphatic carbocycles. The standard InChI is InChI=1S/C19H22N2O5/c1-2-3-11-21-15-7-5-4-6-13(15)20-14(18(21)23)8-9-17(22)26-16-10-12-25-19(16)24/h4-7,16H,2-3,8-12H2,1H3/t16-/m0/s1. The summed E-state index contributed by atoms with van der Waals surface area (Å²) in [6, 6.07) is 7.48. The lowest BCUT2D eigenvalue weighted by atomic mass is 10.2. The van der Waals surface area contributed by atoms with Crippen molar-refractivity contribution in [2.45, 2.75) is 51.7 Å². The third kappa shape index (κ3) is 3.92. The second kappa shape index (κ2) is 8.12. The van der Waals surface area contributed by atoms with Crippen molar-refractivity contribution in [3.63, 3.8) is 0 Å². The van der Waals surface area contributed by atoms with Crippen LogP contribution in [0.15, 0.2) is 29.1 Å². The largest absolute Gasteiger partial charge is 0.463 e. The number of fused-ring (bicyclic) bond motifs is 1. The predicted molar refractivity (Wildman–Crippen MR) is 94.7 cm³/mol. The number of carbonyl (C=O) groups is 2. The van der Waals surface area contributed by atoms with Crippen molar-refractivity contribution in [3.8, 4) is 0 Å². The molecular weight excluding hydrogens is 336 g/mol. The first-order valence-corrected chi connectivity index (χ1v) is 8.94. The zero-order chi connectivity index (χ0) is 18.5. The van der Waals surface area contributed by atoms with E-state index in [-0.39, 0.29) is 25.0 Å². The first-order valence-electron chi connectivity index (χ1n) is 8.94. The Morgan fingerprint density at radius 2 is 2.15 bits per heavy atom. The maximum absolute atomic E-state index is 12.8. The van der Waals surface area contributed by atoms with E-state index >= 15 is 0 Å². The Morgan fingerprint density at radius 1 is 1.35 bits per heavy atom. The molecule has 0 bridgehead atoms. The van der Waals surface area contributed by atoms with Gasteiger partial charge in [-0.2, -0.15) is 0 Å². The van der Waals surface area contributed by atoms with Crippen molar-refractivity contribution < 1.29 is 19.1 Å². The number of cyclic esters (lactones) is 1. The molecule has 1 atom stereocenters. The molecule has 7 heteroatoms. The fourth-order valence-corrected chi connectivity index (χ4v) is 2.97. The Kier molecular flexibility index (Phi) is 5.65. The number of carbonyl (C=O) groups excluding carboxylic acids is 2. The quantitative estimate of drug-likeness (QED) is 0.704. The van der Waals surface area contributed by atoms with Crippen LogP contribution < -0.4 is 5.56 Å². The molecule has 1 aliphatic heterocycles. The van der Waals surface area contributed by atoms with Gasteiger partial charge in [0, 0.05) is 19.4 Å². The van der Waals surface area contributed by atoms with Crippen LogP contribution in [0, 0.1) is 0 Å². The van der Waals surface area contributed by atoms with E-state index in [1.807, 2.05) is 24.3 Å². The fraction of sp³-hybridized carbons (Fsp3) is 0.474. The molecule has 0 saturated carbocycles. The van der Waals surface area contributed by atoms with Gasteiger partial charge in [0.05, 0.1) is 24.1 Å². The van der Waals surface area contributed by atoms with E-state index in [0.717, 1.165) is 23.9 Å². The molecule has 0 unspecified atom stereocenters. The molecule has 0 amide bonds. The molecular formula is C19H22N2O5. The van der Waals surface area contributed by atoms with Crippen molar-refractivity contribution in [2.24, 2.45) is 0 Å². The smallest absolute Gasteiger partial charge is 0.347 e. The van der Waals surface area contributed by atoms with Gasteiger partial charge < -0.3 is 14.0 Å². The van der Waals surface area contributed by atoms with Crippen molar-refractivity contribution in [1.82, 2.24) is 9.55 Å². The van der Waals surface area contributed by atoms with Crippen LogP contribution in [0.2, 0.25) is 0 Å². The summed E-state index contributed by atoms with van der Waals surface area (Å²) in [5.41, 5.74) is 1.69. The van der Waals surface area contributed by atoms with Crippen LogP contribution in [0.25, 0.3) is 11.0 Å². The van der Waals surface area contributed by atoms with E-state index in [9.17, 15) is 14.4 Å². The molecule has 138 valence electrons. The minimum Gasteiger partial charge on any atom is -0.463 e. The van der Waals surface area contributed by atoms with Gasteiger partial charge >= 0.3 is 11.9 Å². The summed E-state index contributed by atoms with van der Waals surface area (Å²) in [4.78, 5) is 40.5. The first kappa shape index (κ1) is 18.1. The van der Waals surface area contributed by atoms with Gasteiger partial charge in [-0.15, -0.1) is 0 Å². The number of nitrogens with zero attached hydrogens (tertiary/aromatic N) is 2. The van der Waals surface area contributed by atoms with Crippen molar-refractivity contribution in [2.75, 3.05) is 6.61 Å². The first-order chi connectivity index (χ1) is 12.6. The van der Waals surface area contributed by atoms with Gasteiger partial charge in [-0.25, -0.2) is 9.78 Å². The number of aryl methyl sites for hydroxylation is 2. The highest BCUT2D eigenvalue weighted by Crippen LogP contribution is 2.14. The van der Waals surface area contributed by atoms with Gasteiger partial charge in [0.15, 0.2) is 0 Å². The summed E-state index contributed by atoms with van der Waals surface area (Å²) in [6.45, 7) is 2.95. The molecule has 2 aromatic rings. The highest BCUT2D eigenvalue weighted by atomic mass is 16.6. The normalized spacial score (nSPS) is 16.7. The summed E-state index contributed by atoms with van der Waals surface area (Å²) in [6.07, 6.45) is 1.59. The number of para-hydroxylation sites is 2. The number of benzene rings is 1. The van der Waals surface area contributed by atoms with E-state index in [0.29, 0.717) is 18.7 Å². The molecule has 2 heterocycles. The Labute approximate surface area is 150 Å². The highest BCUT2D eigenvalue weighted by Gasteiger charge is 2.30. The zero-order valence-electron chi connectivity index (χ0n) is 14.8. The average Bonchev–Trinajstić information content (AvgIpc) is 3.04. The van der Waals surface area contributed by atoms with Gasteiger partial charge in [0.1, 0.15) is 5.69 Å². The van der Waals surface area contributed by atoms with Crippen molar-refractivity contribution in [3.05, 3.63) is 40.3 Å². The summed E-state index contributed by atoms with van der Waals surface area (Å²) in [5, 5.41) is 0. The fourth-order valence-electron chi connectivity index (χ4n) is 2.97. The summed E-state index contributed by atoms with van der Waals surface area (Å²) in [5.74, 6) is -1.03. The Morgan fingerprint density at radius 3 is 2.88 bits per heavy atom. The maximum Gasteiger partial charge on any atom is 0.347 e. The lowest BCUT2D eigenvalue weighted by molar-refractivity contribution is -0.160. The Bertz CT molecular complexity index is 874. The number of aromatic nitrogens is 2. The molecule has 1 aliphatic rings. The van der Waals surface area contributed by atoms with Crippen molar-refractivity contribution in [1.29, 1.82) is 0 Å².